The topological polar surface area (TPSA) is 30.5 Å². The van der Waals surface area contributed by atoms with Crippen LogP contribution in [0.2, 0.25) is 0 Å². The number of rotatable bonds is 7. The summed E-state index contributed by atoms with van der Waals surface area (Å²) in [6.07, 6.45) is 2.47. The minimum atomic E-state index is -0.340. The third kappa shape index (κ3) is 5.10. The van der Waals surface area contributed by atoms with E-state index in [4.69, 9.17) is 9.47 Å². The zero-order chi connectivity index (χ0) is 14.6. The Bertz CT molecular complexity index is 439. The Hall–Kier alpha value is -1.13. The van der Waals surface area contributed by atoms with Crippen LogP contribution in [0.3, 0.4) is 0 Å². The molecule has 1 aromatic rings. The molecule has 20 heavy (non-hydrogen) atoms. The van der Waals surface area contributed by atoms with Crippen molar-refractivity contribution in [2.45, 2.75) is 45.7 Å². The van der Waals surface area contributed by atoms with Crippen LogP contribution >= 0.6 is 0 Å². The Balaban J connectivity index is 1.90. The molecule has 0 aromatic heterocycles. The smallest absolute Gasteiger partial charge is 0.189 e. The Morgan fingerprint density at radius 1 is 1.30 bits per heavy atom. The van der Waals surface area contributed by atoms with Crippen LogP contribution in [0.25, 0.3) is 0 Å². The minimum Gasteiger partial charge on any atom is -0.464 e. The van der Waals surface area contributed by atoms with Crippen LogP contribution in [-0.4, -0.2) is 18.9 Å². The SMILES string of the molecule is CC(C)(C)NCc1cccc(F)c1OCOCC1CC1. The van der Waals surface area contributed by atoms with Gasteiger partial charge in [0.1, 0.15) is 0 Å². The Morgan fingerprint density at radius 3 is 2.70 bits per heavy atom. The van der Waals surface area contributed by atoms with Gasteiger partial charge in [-0.05, 0) is 45.6 Å². The fourth-order valence-corrected chi connectivity index (χ4v) is 1.81. The maximum absolute atomic E-state index is 13.9. The second kappa shape index (κ2) is 6.55. The molecule has 0 bridgehead atoms. The molecule has 0 aliphatic heterocycles. The Morgan fingerprint density at radius 2 is 2.05 bits per heavy atom. The molecule has 0 radical (unpaired) electrons. The number of para-hydroxylation sites is 1. The first-order chi connectivity index (χ1) is 9.46. The number of hydrogen-bond donors (Lipinski definition) is 1. The number of nitrogens with one attached hydrogen (secondary N) is 1. The van der Waals surface area contributed by atoms with E-state index in [0.717, 1.165) is 5.56 Å². The monoisotopic (exact) mass is 281 g/mol. The summed E-state index contributed by atoms with van der Waals surface area (Å²) in [4.78, 5) is 0. The van der Waals surface area contributed by atoms with Gasteiger partial charge >= 0.3 is 0 Å². The van der Waals surface area contributed by atoms with Crippen molar-refractivity contribution in [3.05, 3.63) is 29.6 Å². The number of ether oxygens (including phenoxy) is 2. The summed E-state index contributed by atoms with van der Waals surface area (Å²) < 4.78 is 24.7. The molecule has 1 aliphatic rings. The van der Waals surface area contributed by atoms with E-state index < -0.39 is 0 Å². The van der Waals surface area contributed by atoms with Crippen molar-refractivity contribution in [1.82, 2.24) is 5.32 Å². The second-order valence-corrected chi connectivity index (χ2v) is 6.41. The molecule has 1 aliphatic carbocycles. The zero-order valence-electron chi connectivity index (χ0n) is 12.5. The van der Waals surface area contributed by atoms with Crippen molar-refractivity contribution < 1.29 is 13.9 Å². The van der Waals surface area contributed by atoms with Gasteiger partial charge in [0.15, 0.2) is 18.4 Å². The van der Waals surface area contributed by atoms with Gasteiger partial charge in [0, 0.05) is 17.6 Å². The van der Waals surface area contributed by atoms with Crippen molar-refractivity contribution in [3.8, 4) is 5.75 Å². The molecule has 0 atom stereocenters. The summed E-state index contributed by atoms with van der Waals surface area (Å²) >= 11 is 0. The molecular formula is C16H24FNO2. The molecule has 1 N–H and O–H groups in total. The summed E-state index contributed by atoms with van der Waals surface area (Å²) in [5.41, 5.74) is 0.793. The van der Waals surface area contributed by atoms with Crippen LogP contribution in [0.5, 0.6) is 5.75 Å². The van der Waals surface area contributed by atoms with Crippen molar-refractivity contribution >= 4 is 0 Å². The standard InChI is InChI=1S/C16H24FNO2/c1-16(2,3)18-9-13-5-4-6-14(17)15(13)20-11-19-10-12-7-8-12/h4-6,12,18H,7-11H2,1-3H3. The maximum atomic E-state index is 13.9. The highest BCUT2D eigenvalue weighted by atomic mass is 19.1. The highest BCUT2D eigenvalue weighted by molar-refractivity contribution is 5.34. The predicted molar refractivity (Wildman–Crippen MR) is 77.2 cm³/mol. The first kappa shape index (κ1) is 15.3. The number of benzene rings is 1. The van der Waals surface area contributed by atoms with Gasteiger partial charge in [-0.1, -0.05) is 12.1 Å². The third-order valence-corrected chi connectivity index (χ3v) is 3.19. The van der Waals surface area contributed by atoms with Crippen molar-refractivity contribution in [2.24, 2.45) is 5.92 Å². The third-order valence-electron chi connectivity index (χ3n) is 3.19. The lowest BCUT2D eigenvalue weighted by Gasteiger charge is -2.21. The summed E-state index contributed by atoms with van der Waals surface area (Å²) in [6.45, 7) is 7.62. The van der Waals surface area contributed by atoms with Crippen LogP contribution in [0.1, 0.15) is 39.2 Å². The van der Waals surface area contributed by atoms with E-state index in [2.05, 4.69) is 26.1 Å². The van der Waals surface area contributed by atoms with E-state index in [1.165, 1.54) is 18.9 Å². The predicted octanol–water partition coefficient (Wildman–Crippen LogP) is 3.48. The summed E-state index contributed by atoms with van der Waals surface area (Å²) in [5.74, 6) is 0.634. The Labute approximate surface area is 120 Å². The molecule has 4 heteroatoms. The van der Waals surface area contributed by atoms with E-state index in [1.54, 1.807) is 6.07 Å². The maximum Gasteiger partial charge on any atom is 0.189 e. The van der Waals surface area contributed by atoms with Gasteiger partial charge in [0.05, 0.1) is 6.61 Å². The number of halogens is 1. The van der Waals surface area contributed by atoms with Crippen LogP contribution in [0, 0.1) is 11.7 Å². The average Bonchev–Trinajstić information content (AvgIpc) is 3.17. The quantitative estimate of drug-likeness (QED) is 0.613. The Kier molecular flexibility index (Phi) is 5.00. The molecule has 0 amide bonds. The molecule has 0 unspecified atom stereocenters. The van der Waals surface area contributed by atoms with Crippen molar-refractivity contribution in [1.29, 1.82) is 0 Å². The van der Waals surface area contributed by atoms with Crippen LogP contribution < -0.4 is 10.1 Å². The van der Waals surface area contributed by atoms with Gasteiger partial charge in [0.2, 0.25) is 0 Å². The molecule has 1 fully saturated rings. The van der Waals surface area contributed by atoms with Gasteiger partial charge in [-0.25, -0.2) is 4.39 Å². The lowest BCUT2D eigenvalue weighted by molar-refractivity contribution is 0.00729. The van der Waals surface area contributed by atoms with E-state index in [1.807, 2.05) is 6.07 Å². The van der Waals surface area contributed by atoms with E-state index in [-0.39, 0.29) is 18.1 Å². The largest absolute Gasteiger partial charge is 0.464 e. The molecule has 0 spiro atoms. The number of hydrogen-bond acceptors (Lipinski definition) is 3. The highest BCUT2D eigenvalue weighted by Crippen LogP contribution is 2.29. The molecular weight excluding hydrogens is 257 g/mol. The minimum absolute atomic E-state index is 0.0218. The summed E-state index contributed by atoms with van der Waals surface area (Å²) in [6, 6.07) is 4.99. The average molecular weight is 281 g/mol. The highest BCUT2D eigenvalue weighted by Gasteiger charge is 2.21. The van der Waals surface area contributed by atoms with Crippen LogP contribution in [0.15, 0.2) is 18.2 Å². The van der Waals surface area contributed by atoms with Crippen LogP contribution in [0.4, 0.5) is 4.39 Å². The first-order valence-corrected chi connectivity index (χ1v) is 7.19. The van der Waals surface area contributed by atoms with E-state index in [0.29, 0.717) is 24.8 Å². The van der Waals surface area contributed by atoms with Crippen molar-refractivity contribution in [3.63, 3.8) is 0 Å². The second-order valence-electron chi connectivity index (χ2n) is 6.41. The van der Waals surface area contributed by atoms with Gasteiger partial charge < -0.3 is 14.8 Å². The summed E-state index contributed by atoms with van der Waals surface area (Å²) in [7, 11) is 0. The summed E-state index contributed by atoms with van der Waals surface area (Å²) in [5, 5.41) is 3.34. The van der Waals surface area contributed by atoms with Gasteiger partial charge in [-0.15, -0.1) is 0 Å². The lowest BCUT2D eigenvalue weighted by Crippen LogP contribution is -2.35. The van der Waals surface area contributed by atoms with E-state index >= 15 is 0 Å². The van der Waals surface area contributed by atoms with Gasteiger partial charge in [-0.3, -0.25) is 0 Å². The molecule has 1 saturated carbocycles. The molecule has 3 nitrogen and oxygen atoms in total. The zero-order valence-corrected chi connectivity index (χ0v) is 12.5. The van der Waals surface area contributed by atoms with E-state index in [9.17, 15) is 4.39 Å². The molecule has 2 rings (SSSR count). The fourth-order valence-electron chi connectivity index (χ4n) is 1.81. The molecule has 0 heterocycles. The molecule has 112 valence electrons. The van der Waals surface area contributed by atoms with Gasteiger partial charge in [0.25, 0.3) is 0 Å². The normalized spacial score (nSPS) is 15.4. The molecule has 0 saturated heterocycles. The first-order valence-electron chi connectivity index (χ1n) is 7.19. The fraction of sp³-hybridized carbons (Fsp3) is 0.625. The molecule has 1 aromatic carbocycles. The van der Waals surface area contributed by atoms with Crippen molar-refractivity contribution in [2.75, 3.05) is 13.4 Å². The van der Waals surface area contributed by atoms with Crippen LogP contribution in [-0.2, 0) is 11.3 Å². The van der Waals surface area contributed by atoms with Gasteiger partial charge in [-0.2, -0.15) is 0 Å². The lowest BCUT2D eigenvalue weighted by atomic mass is 10.1.